The molecule has 4 aromatic rings. The van der Waals surface area contributed by atoms with E-state index < -0.39 is 0 Å². The van der Waals surface area contributed by atoms with Crippen LogP contribution in [0, 0.1) is 6.92 Å². The van der Waals surface area contributed by atoms with E-state index in [1.165, 1.54) is 33.7 Å². The van der Waals surface area contributed by atoms with Crippen LogP contribution in [0.2, 0.25) is 0 Å². The second-order valence-electron chi connectivity index (χ2n) is 6.98. The van der Waals surface area contributed by atoms with Crippen LogP contribution in [0.3, 0.4) is 0 Å². The van der Waals surface area contributed by atoms with E-state index in [2.05, 4.69) is 101 Å². The van der Waals surface area contributed by atoms with Crippen LogP contribution in [0.5, 0.6) is 0 Å². The summed E-state index contributed by atoms with van der Waals surface area (Å²) in [6, 6.07) is 27.7. The molecule has 3 nitrogen and oxygen atoms in total. The molecular weight excluding hydrogens is 330 g/mol. The molecule has 0 bridgehead atoms. The summed E-state index contributed by atoms with van der Waals surface area (Å²) in [6.45, 7) is 4.46. The van der Waals surface area contributed by atoms with Gasteiger partial charge in [0.1, 0.15) is 6.17 Å². The van der Waals surface area contributed by atoms with E-state index in [4.69, 9.17) is 0 Å². The topological polar surface area (TPSA) is 19.4 Å². The van der Waals surface area contributed by atoms with Gasteiger partial charge in [-0.15, -0.1) is 0 Å². The van der Waals surface area contributed by atoms with Crippen molar-refractivity contribution in [2.24, 2.45) is 0 Å². The van der Waals surface area contributed by atoms with E-state index >= 15 is 0 Å². The lowest BCUT2D eigenvalue weighted by atomic mass is 10.1. The largest absolute Gasteiger partial charge is 0.319 e. The Morgan fingerprint density at radius 3 is 2.19 bits per heavy atom. The van der Waals surface area contributed by atoms with Gasteiger partial charge in [-0.25, -0.2) is 0 Å². The molecule has 0 fully saturated rings. The molecule has 0 unspecified atom stereocenters. The first-order valence-corrected chi connectivity index (χ1v) is 9.32. The smallest absolute Gasteiger partial charge is 0.108 e. The highest BCUT2D eigenvalue weighted by molar-refractivity contribution is 5.93. The van der Waals surface area contributed by atoms with Crippen LogP contribution in [0.25, 0.3) is 10.9 Å². The Morgan fingerprint density at radius 2 is 1.41 bits per heavy atom. The van der Waals surface area contributed by atoms with Gasteiger partial charge in [0.2, 0.25) is 0 Å². The molecule has 27 heavy (non-hydrogen) atoms. The van der Waals surface area contributed by atoms with Crippen molar-refractivity contribution in [3.8, 4) is 0 Å². The Bertz CT molecular complexity index is 1120. The Balaban J connectivity index is 1.71. The van der Waals surface area contributed by atoms with Gasteiger partial charge in [0, 0.05) is 23.0 Å². The SMILES string of the molecule is Cc1c(N2c3ccccc3N(c3ccccc3)[C@@H]2C)ccc2ncccc12. The number of para-hydroxylation sites is 3. The summed E-state index contributed by atoms with van der Waals surface area (Å²) >= 11 is 0. The average Bonchev–Trinajstić information content (AvgIpc) is 3.01. The highest BCUT2D eigenvalue weighted by Gasteiger charge is 2.35. The molecule has 2 heterocycles. The van der Waals surface area contributed by atoms with Crippen molar-refractivity contribution in [3.63, 3.8) is 0 Å². The minimum atomic E-state index is 0.178. The minimum absolute atomic E-state index is 0.178. The standard InChI is InChI=1S/C24H21N3/c1-17-20-11-8-16-25-21(20)14-15-22(17)27-18(2)26(19-9-4-3-5-10-19)23-12-6-7-13-24(23)27/h3-16,18H,1-2H3/t18-/m0/s1. The van der Waals surface area contributed by atoms with Crippen molar-refractivity contribution in [1.29, 1.82) is 0 Å². The summed E-state index contributed by atoms with van der Waals surface area (Å²) in [5, 5.41) is 1.21. The van der Waals surface area contributed by atoms with Crippen LogP contribution < -0.4 is 9.80 Å². The fourth-order valence-corrected chi connectivity index (χ4v) is 4.21. The second kappa shape index (κ2) is 6.13. The van der Waals surface area contributed by atoms with Gasteiger partial charge in [0.05, 0.1) is 16.9 Å². The molecule has 0 radical (unpaired) electrons. The number of fused-ring (bicyclic) bond motifs is 2. The van der Waals surface area contributed by atoms with Crippen LogP contribution in [0.1, 0.15) is 12.5 Å². The average molecular weight is 351 g/mol. The van der Waals surface area contributed by atoms with Gasteiger partial charge in [-0.3, -0.25) is 4.98 Å². The van der Waals surface area contributed by atoms with Gasteiger partial charge in [-0.05, 0) is 61.9 Å². The van der Waals surface area contributed by atoms with E-state index in [1.54, 1.807) is 0 Å². The summed E-state index contributed by atoms with van der Waals surface area (Å²) in [7, 11) is 0. The second-order valence-corrected chi connectivity index (χ2v) is 6.98. The summed E-state index contributed by atoms with van der Waals surface area (Å²) < 4.78 is 0. The maximum Gasteiger partial charge on any atom is 0.108 e. The van der Waals surface area contributed by atoms with Crippen LogP contribution in [0.4, 0.5) is 22.7 Å². The number of aromatic nitrogens is 1. The molecule has 0 amide bonds. The molecule has 0 spiro atoms. The number of hydrogen-bond donors (Lipinski definition) is 0. The number of pyridine rings is 1. The number of nitrogens with zero attached hydrogens (tertiary/aromatic N) is 3. The molecule has 3 heteroatoms. The van der Waals surface area contributed by atoms with Gasteiger partial charge in [-0.1, -0.05) is 36.4 Å². The van der Waals surface area contributed by atoms with Crippen molar-refractivity contribution in [2.45, 2.75) is 20.0 Å². The number of anilines is 4. The van der Waals surface area contributed by atoms with Gasteiger partial charge in [0.15, 0.2) is 0 Å². The normalized spacial score (nSPS) is 16.0. The van der Waals surface area contributed by atoms with Crippen LogP contribution in [-0.4, -0.2) is 11.1 Å². The zero-order chi connectivity index (χ0) is 18.4. The van der Waals surface area contributed by atoms with Crippen molar-refractivity contribution in [3.05, 3.63) is 90.6 Å². The first-order chi connectivity index (χ1) is 13.3. The zero-order valence-corrected chi connectivity index (χ0v) is 15.5. The van der Waals surface area contributed by atoms with Crippen LogP contribution in [-0.2, 0) is 0 Å². The Kier molecular flexibility index (Phi) is 3.61. The molecule has 0 N–H and O–H groups in total. The molecule has 0 saturated carbocycles. The minimum Gasteiger partial charge on any atom is -0.319 e. The van der Waals surface area contributed by atoms with Gasteiger partial charge >= 0.3 is 0 Å². The monoisotopic (exact) mass is 351 g/mol. The third kappa shape index (κ3) is 2.39. The summed E-state index contributed by atoms with van der Waals surface area (Å²) in [5.41, 5.74) is 7.21. The number of benzene rings is 3. The lowest BCUT2D eigenvalue weighted by molar-refractivity contribution is 0.760. The Labute approximate surface area is 159 Å². The predicted octanol–water partition coefficient (Wildman–Crippen LogP) is 6.18. The molecule has 132 valence electrons. The van der Waals surface area contributed by atoms with Gasteiger partial charge < -0.3 is 9.80 Å². The Morgan fingerprint density at radius 1 is 0.704 bits per heavy atom. The molecule has 1 aliphatic heterocycles. The first kappa shape index (κ1) is 15.9. The van der Waals surface area contributed by atoms with Crippen molar-refractivity contribution in [2.75, 3.05) is 9.80 Å². The van der Waals surface area contributed by atoms with E-state index in [-0.39, 0.29) is 6.17 Å². The van der Waals surface area contributed by atoms with Gasteiger partial charge in [0.25, 0.3) is 0 Å². The molecule has 1 aliphatic rings. The fraction of sp³-hybridized carbons (Fsp3) is 0.125. The fourth-order valence-electron chi connectivity index (χ4n) is 4.21. The van der Waals surface area contributed by atoms with Crippen molar-refractivity contribution in [1.82, 2.24) is 4.98 Å². The van der Waals surface area contributed by atoms with E-state index in [0.717, 1.165) is 5.52 Å². The summed E-state index contributed by atoms with van der Waals surface area (Å²) in [6.07, 6.45) is 2.03. The lowest BCUT2D eigenvalue weighted by Gasteiger charge is -2.31. The van der Waals surface area contributed by atoms with E-state index in [9.17, 15) is 0 Å². The predicted molar refractivity (Wildman–Crippen MR) is 113 cm³/mol. The van der Waals surface area contributed by atoms with Crippen molar-refractivity contribution >= 4 is 33.7 Å². The summed E-state index contributed by atoms with van der Waals surface area (Å²) in [4.78, 5) is 9.35. The molecule has 3 aromatic carbocycles. The molecule has 0 saturated heterocycles. The number of rotatable bonds is 2. The molecule has 1 atom stereocenters. The molecule has 1 aromatic heterocycles. The first-order valence-electron chi connectivity index (χ1n) is 9.32. The number of aryl methyl sites for hydroxylation is 1. The van der Waals surface area contributed by atoms with Crippen molar-refractivity contribution < 1.29 is 0 Å². The molecule has 0 aliphatic carbocycles. The number of hydrogen-bond acceptors (Lipinski definition) is 3. The Hall–Kier alpha value is -3.33. The van der Waals surface area contributed by atoms with Gasteiger partial charge in [-0.2, -0.15) is 0 Å². The zero-order valence-electron chi connectivity index (χ0n) is 15.5. The lowest BCUT2D eigenvalue weighted by Crippen LogP contribution is -2.35. The molecular formula is C24H21N3. The van der Waals surface area contributed by atoms with E-state index in [1.807, 2.05) is 12.3 Å². The highest BCUT2D eigenvalue weighted by Crippen LogP contribution is 2.48. The van der Waals surface area contributed by atoms with E-state index in [0.29, 0.717) is 0 Å². The third-order valence-corrected chi connectivity index (χ3v) is 5.47. The maximum absolute atomic E-state index is 4.51. The third-order valence-electron chi connectivity index (χ3n) is 5.47. The maximum atomic E-state index is 4.51. The van der Waals surface area contributed by atoms with Crippen LogP contribution in [0.15, 0.2) is 85.1 Å². The highest BCUT2D eigenvalue weighted by atomic mass is 15.4. The summed E-state index contributed by atoms with van der Waals surface area (Å²) in [5.74, 6) is 0. The quantitative estimate of drug-likeness (QED) is 0.430. The molecule has 5 rings (SSSR count). The van der Waals surface area contributed by atoms with Crippen LogP contribution >= 0.6 is 0 Å².